The number of aryl methyl sites for hydroxylation is 1. The van der Waals surface area contributed by atoms with Crippen LogP contribution in [0.25, 0.3) is 11.1 Å². The minimum absolute atomic E-state index is 0.0832. The molecule has 0 saturated heterocycles. The van der Waals surface area contributed by atoms with Gasteiger partial charge in [0.2, 0.25) is 0 Å². The molecule has 3 nitrogen and oxygen atoms in total. The van der Waals surface area contributed by atoms with Crippen LogP contribution >= 0.6 is 23.2 Å². The predicted octanol–water partition coefficient (Wildman–Crippen LogP) is 4.79. The molecule has 1 N–H and O–H groups in total. The highest BCUT2D eigenvalue weighted by atomic mass is 35.5. The Morgan fingerprint density at radius 2 is 2.04 bits per heavy atom. The molecule has 1 aromatic heterocycles. The van der Waals surface area contributed by atoms with E-state index in [4.69, 9.17) is 32.7 Å². The third-order valence-corrected chi connectivity index (χ3v) is 4.14. The lowest BCUT2D eigenvalue weighted by Crippen LogP contribution is -1.93. The molecule has 0 aliphatic rings. The van der Waals surface area contributed by atoms with E-state index in [0.29, 0.717) is 45.4 Å². The number of hydrogen-bond donors (Lipinski definition) is 1. The Labute approximate surface area is 142 Å². The zero-order valence-corrected chi connectivity index (χ0v) is 13.7. The summed E-state index contributed by atoms with van der Waals surface area (Å²) in [5.74, 6) is -0.0159. The molecule has 0 fully saturated rings. The average Bonchev–Trinajstić information content (AvgIpc) is 2.91. The average molecular weight is 354 g/mol. The summed E-state index contributed by atoms with van der Waals surface area (Å²) < 4.78 is 19.7. The van der Waals surface area contributed by atoms with Crippen molar-refractivity contribution in [2.75, 3.05) is 6.61 Å². The molecule has 0 bridgehead atoms. The van der Waals surface area contributed by atoms with Gasteiger partial charge in [-0.15, -0.1) is 0 Å². The maximum atomic E-state index is 13.9. The Bertz CT molecular complexity index is 828. The lowest BCUT2D eigenvalue weighted by molar-refractivity contribution is 0.288. The summed E-state index contributed by atoms with van der Waals surface area (Å²) in [6, 6.07) is 8.04. The maximum absolute atomic E-state index is 13.9. The van der Waals surface area contributed by atoms with Crippen molar-refractivity contribution < 1.29 is 13.9 Å². The van der Waals surface area contributed by atoms with Gasteiger partial charge in [0.15, 0.2) is 11.5 Å². The molecule has 0 spiro atoms. The number of hydrogen-bond acceptors (Lipinski definition) is 3. The second kappa shape index (κ2) is 6.87. The van der Waals surface area contributed by atoms with Crippen LogP contribution in [0.3, 0.4) is 0 Å². The molecule has 3 rings (SSSR count). The topological polar surface area (TPSA) is 46.3 Å². The molecule has 0 atom stereocenters. The van der Waals surface area contributed by atoms with Crippen molar-refractivity contribution in [1.82, 2.24) is 4.98 Å². The number of oxazole rings is 1. The smallest absolute Gasteiger partial charge is 0.200 e. The normalized spacial score (nSPS) is 11.3. The van der Waals surface area contributed by atoms with Gasteiger partial charge in [0, 0.05) is 22.2 Å². The van der Waals surface area contributed by atoms with Gasteiger partial charge >= 0.3 is 0 Å². The highest BCUT2D eigenvalue weighted by Gasteiger charge is 2.15. The molecule has 120 valence electrons. The van der Waals surface area contributed by atoms with Crippen LogP contribution in [0.4, 0.5) is 4.39 Å². The lowest BCUT2D eigenvalue weighted by atomic mass is 10.1. The number of aromatic nitrogens is 1. The molecule has 0 amide bonds. The summed E-state index contributed by atoms with van der Waals surface area (Å²) in [6.07, 6.45) is 1.39. The van der Waals surface area contributed by atoms with E-state index in [1.54, 1.807) is 24.3 Å². The number of benzene rings is 2. The number of rotatable bonds is 5. The number of fused-ring (bicyclic) bond motifs is 1. The largest absolute Gasteiger partial charge is 0.440 e. The van der Waals surface area contributed by atoms with Gasteiger partial charge in [-0.1, -0.05) is 29.3 Å². The number of aliphatic hydroxyl groups excluding tert-OH is 1. The van der Waals surface area contributed by atoms with Gasteiger partial charge in [0.05, 0.1) is 6.42 Å². The summed E-state index contributed by atoms with van der Waals surface area (Å²) >= 11 is 12.1. The molecule has 0 radical (unpaired) electrons. The highest BCUT2D eigenvalue weighted by molar-refractivity contribution is 6.31. The molecular weight excluding hydrogens is 340 g/mol. The van der Waals surface area contributed by atoms with Gasteiger partial charge in [-0.05, 0) is 42.7 Å². The van der Waals surface area contributed by atoms with Crippen LogP contribution in [-0.2, 0) is 12.8 Å². The molecule has 0 saturated carbocycles. The van der Waals surface area contributed by atoms with Gasteiger partial charge in [-0.3, -0.25) is 0 Å². The first-order chi connectivity index (χ1) is 11.1. The van der Waals surface area contributed by atoms with Gasteiger partial charge in [-0.2, -0.15) is 0 Å². The van der Waals surface area contributed by atoms with Crippen LogP contribution in [0.5, 0.6) is 0 Å². The van der Waals surface area contributed by atoms with Crippen molar-refractivity contribution in [3.63, 3.8) is 0 Å². The quantitative estimate of drug-likeness (QED) is 0.717. The highest BCUT2D eigenvalue weighted by Crippen LogP contribution is 2.28. The molecule has 0 unspecified atom stereocenters. The van der Waals surface area contributed by atoms with Crippen molar-refractivity contribution in [3.05, 3.63) is 63.2 Å². The first-order valence-electron chi connectivity index (χ1n) is 7.20. The second-order valence-electron chi connectivity index (χ2n) is 5.22. The van der Waals surface area contributed by atoms with Crippen LogP contribution in [0.15, 0.2) is 34.7 Å². The monoisotopic (exact) mass is 353 g/mol. The van der Waals surface area contributed by atoms with E-state index in [9.17, 15) is 4.39 Å². The van der Waals surface area contributed by atoms with E-state index < -0.39 is 5.82 Å². The Kier molecular flexibility index (Phi) is 4.85. The molecule has 1 heterocycles. The van der Waals surface area contributed by atoms with E-state index >= 15 is 0 Å². The molecule has 2 aromatic carbocycles. The Morgan fingerprint density at radius 3 is 2.78 bits per heavy atom. The maximum Gasteiger partial charge on any atom is 0.200 e. The fourth-order valence-corrected chi connectivity index (χ4v) is 2.96. The minimum Gasteiger partial charge on any atom is -0.440 e. The van der Waals surface area contributed by atoms with Crippen molar-refractivity contribution in [1.29, 1.82) is 0 Å². The van der Waals surface area contributed by atoms with Gasteiger partial charge < -0.3 is 9.52 Å². The fourth-order valence-electron chi connectivity index (χ4n) is 2.49. The Hall–Kier alpha value is -1.62. The summed E-state index contributed by atoms with van der Waals surface area (Å²) in [6.45, 7) is 0.0832. The van der Waals surface area contributed by atoms with Crippen molar-refractivity contribution >= 4 is 34.3 Å². The standard InChI is InChI=1S/C17H14Cl2FNO2/c18-11-7-10(3-2-6-22)17-15(8-11)21-16(23-17)9-12-13(19)4-1-5-14(12)20/h1,4-5,7-8,22H,2-3,6,9H2. The third-order valence-electron chi connectivity index (χ3n) is 3.57. The second-order valence-corrected chi connectivity index (χ2v) is 6.07. The Morgan fingerprint density at radius 1 is 1.22 bits per heavy atom. The molecule has 0 aliphatic heterocycles. The summed E-state index contributed by atoms with van der Waals surface area (Å²) in [5.41, 5.74) is 2.46. The van der Waals surface area contributed by atoms with Gasteiger partial charge in [0.25, 0.3) is 0 Å². The molecular formula is C17H14Cl2FNO2. The Balaban J connectivity index is 2.00. The molecule has 0 aliphatic carbocycles. The van der Waals surface area contributed by atoms with Crippen molar-refractivity contribution in [3.8, 4) is 0 Å². The lowest BCUT2D eigenvalue weighted by Gasteiger charge is -2.02. The zero-order valence-electron chi connectivity index (χ0n) is 12.2. The summed E-state index contributed by atoms with van der Waals surface area (Å²) in [5, 5.41) is 9.88. The van der Waals surface area contributed by atoms with E-state index in [-0.39, 0.29) is 13.0 Å². The van der Waals surface area contributed by atoms with Crippen LogP contribution in [0.2, 0.25) is 10.0 Å². The van der Waals surface area contributed by atoms with E-state index in [2.05, 4.69) is 4.98 Å². The minimum atomic E-state index is -0.390. The number of aliphatic hydroxyl groups is 1. The van der Waals surface area contributed by atoms with Crippen LogP contribution in [0.1, 0.15) is 23.4 Å². The van der Waals surface area contributed by atoms with E-state index in [0.717, 1.165) is 5.56 Å². The van der Waals surface area contributed by atoms with E-state index in [1.165, 1.54) is 6.07 Å². The molecule has 23 heavy (non-hydrogen) atoms. The van der Waals surface area contributed by atoms with Crippen molar-refractivity contribution in [2.45, 2.75) is 19.3 Å². The predicted molar refractivity (Wildman–Crippen MR) is 88.6 cm³/mol. The van der Waals surface area contributed by atoms with Crippen LogP contribution in [0, 0.1) is 5.82 Å². The first kappa shape index (κ1) is 16.2. The number of nitrogens with zero attached hydrogens (tertiary/aromatic N) is 1. The van der Waals surface area contributed by atoms with E-state index in [1.807, 2.05) is 0 Å². The SMILES string of the molecule is OCCCc1cc(Cl)cc2nc(Cc3c(F)cccc3Cl)oc12. The summed E-state index contributed by atoms with van der Waals surface area (Å²) in [4.78, 5) is 4.38. The molecule has 6 heteroatoms. The van der Waals surface area contributed by atoms with Crippen LogP contribution < -0.4 is 0 Å². The number of halogens is 3. The van der Waals surface area contributed by atoms with Crippen LogP contribution in [-0.4, -0.2) is 16.7 Å². The zero-order chi connectivity index (χ0) is 16.4. The third kappa shape index (κ3) is 3.50. The summed E-state index contributed by atoms with van der Waals surface area (Å²) in [7, 11) is 0. The van der Waals surface area contributed by atoms with Crippen molar-refractivity contribution in [2.24, 2.45) is 0 Å². The van der Waals surface area contributed by atoms with Gasteiger partial charge in [0.1, 0.15) is 11.3 Å². The fraction of sp³-hybridized carbons (Fsp3) is 0.235. The first-order valence-corrected chi connectivity index (χ1v) is 7.95. The molecule has 3 aromatic rings. The van der Waals surface area contributed by atoms with Gasteiger partial charge in [-0.25, -0.2) is 9.37 Å².